The van der Waals surface area contributed by atoms with Gasteiger partial charge in [-0.1, -0.05) is 49.4 Å². The van der Waals surface area contributed by atoms with Crippen LogP contribution in [0.2, 0.25) is 0 Å². The largest absolute Gasteiger partial charge is 0.481 e. The zero-order valence-corrected chi connectivity index (χ0v) is 20.3. The summed E-state index contributed by atoms with van der Waals surface area (Å²) in [6.45, 7) is 3.43. The molecule has 0 spiro atoms. The number of benzene rings is 2. The third kappa shape index (κ3) is 6.47. The number of hydrogen-bond acceptors (Lipinski definition) is 6. The van der Waals surface area contributed by atoms with Gasteiger partial charge >= 0.3 is 12.1 Å². The molecule has 0 saturated heterocycles. The van der Waals surface area contributed by atoms with Crippen LogP contribution in [-0.2, 0) is 15.8 Å². The lowest BCUT2D eigenvalue weighted by Gasteiger charge is -2.27. The highest BCUT2D eigenvalue weighted by atomic mass is 19.4. The van der Waals surface area contributed by atoms with Gasteiger partial charge in [-0.2, -0.15) is 18.2 Å². The Bertz CT molecular complexity index is 1330. The van der Waals surface area contributed by atoms with Gasteiger partial charge in [-0.3, -0.25) is 9.59 Å². The van der Waals surface area contributed by atoms with Crippen LogP contribution in [0.25, 0.3) is 11.1 Å². The Morgan fingerprint density at radius 1 is 1.05 bits per heavy atom. The number of rotatable bonds is 8. The molecule has 1 heterocycles. The van der Waals surface area contributed by atoms with Gasteiger partial charge in [0.25, 0.3) is 0 Å². The normalized spacial score (nSPS) is 17.3. The number of carboxylic acid groups (broad SMARTS) is 1. The first-order chi connectivity index (χ1) is 18.1. The zero-order chi connectivity index (χ0) is 27.3. The van der Waals surface area contributed by atoms with Crippen LogP contribution in [0.5, 0.6) is 0 Å². The van der Waals surface area contributed by atoms with Crippen LogP contribution in [0.4, 0.5) is 36.3 Å². The molecule has 2 unspecified atom stereocenters. The van der Waals surface area contributed by atoms with Gasteiger partial charge in [0.15, 0.2) is 0 Å². The van der Waals surface area contributed by atoms with E-state index in [0.717, 1.165) is 17.2 Å². The topological polar surface area (TPSA) is 116 Å². The van der Waals surface area contributed by atoms with Crippen molar-refractivity contribution in [2.24, 2.45) is 5.92 Å². The van der Waals surface area contributed by atoms with E-state index in [2.05, 4.69) is 32.5 Å². The summed E-state index contributed by atoms with van der Waals surface area (Å²) < 4.78 is 41.5. The minimum atomic E-state index is -4.76. The summed E-state index contributed by atoms with van der Waals surface area (Å²) >= 11 is 0. The number of halogens is 3. The molecule has 1 aliphatic carbocycles. The van der Waals surface area contributed by atoms with Crippen LogP contribution in [0.3, 0.4) is 0 Å². The number of nitrogens with zero attached hydrogens (tertiary/aromatic N) is 2. The Morgan fingerprint density at radius 2 is 1.82 bits per heavy atom. The van der Waals surface area contributed by atoms with Crippen molar-refractivity contribution in [1.29, 1.82) is 0 Å². The monoisotopic (exact) mass is 525 g/mol. The van der Waals surface area contributed by atoms with Gasteiger partial charge in [0, 0.05) is 12.2 Å². The second-order valence-corrected chi connectivity index (χ2v) is 8.94. The Labute approximate surface area is 217 Å². The van der Waals surface area contributed by atoms with Crippen LogP contribution in [0, 0.1) is 5.92 Å². The number of carbonyl (C=O) groups is 2. The highest BCUT2D eigenvalue weighted by Crippen LogP contribution is 2.38. The van der Waals surface area contributed by atoms with Gasteiger partial charge in [0.2, 0.25) is 11.9 Å². The van der Waals surface area contributed by atoms with Crippen molar-refractivity contribution in [3.8, 4) is 11.1 Å². The van der Waals surface area contributed by atoms with Gasteiger partial charge in [-0.25, -0.2) is 4.98 Å². The summed E-state index contributed by atoms with van der Waals surface area (Å²) in [6, 6.07) is 13.9. The van der Waals surface area contributed by atoms with Crippen molar-refractivity contribution in [2.45, 2.75) is 37.9 Å². The Kier molecular flexibility index (Phi) is 7.94. The summed E-state index contributed by atoms with van der Waals surface area (Å²) in [7, 11) is 0. The van der Waals surface area contributed by atoms with Gasteiger partial charge in [0.05, 0.1) is 17.3 Å². The van der Waals surface area contributed by atoms with E-state index in [1.807, 2.05) is 30.3 Å². The molecule has 0 radical (unpaired) electrons. The maximum absolute atomic E-state index is 13.8. The lowest BCUT2D eigenvalue weighted by Crippen LogP contribution is -2.31. The molecule has 1 aliphatic rings. The van der Waals surface area contributed by atoms with E-state index >= 15 is 0 Å². The number of anilines is 4. The lowest BCUT2D eigenvalue weighted by atomic mass is 9.86. The van der Waals surface area contributed by atoms with Crippen LogP contribution in [-0.4, -0.2) is 33.0 Å². The number of carboxylic acids is 1. The molecule has 1 amide bonds. The molecule has 4 rings (SSSR count). The fourth-order valence-electron chi connectivity index (χ4n) is 4.36. The van der Waals surface area contributed by atoms with E-state index in [1.165, 1.54) is 0 Å². The molecule has 11 heteroatoms. The molecule has 3 aromatic rings. The maximum Gasteiger partial charge on any atom is 0.421 e. The quantitative estimate of drug-likeness (QED) is 0.263. The zero-order valence-electron chi connectivity index (χ0n) is 20.3. The minimum Gasteiger partial charge on any atom is -0.481 e. The van der Waals surface area contributed by atoms with Crippen molar-refractivity contribution in [2.75, 3.05) is 16.0 Å². The first-order valence-corrected chi connectivity index (χ1v) is 12.0. The number of amides is 1. The average Bonchev–Trinajstić information content (AvgIpc) is 2.89. The summed E-state index contributed by atoms with van der Waals surface area (Å²) in [5.41, 5.74) is 0.905. The molecule has 0 aliphatic heterocycles. The second kappa shape index (κ2) is 11.3. The molecule has 38 heavy (non-hydrogen) atoms. The maximum atomic E-state index is 13.8. The Morgan fingerprint density at radius 3 is 2.50 bits per heavy atom. The van der Waals surface area contributed by atoms with Crippen molar-refractivity contribution in [3.63, 3.8) is 0 Å². The van der Waals surface area contributed by atoms with Gasteiger partial charge < -0.3 is 21.1 Å². The molecular formula is C27H26F3N5O3. The fraction of sp³-hybridized carbons (Fsp3) is 0.259. The molecule has 1 aromatic heterocycles. The van der Waals surface area contributed by atoms with Crippen molar-refractivity contribution in [1.82, 2.24) is 9.97 Å². The smallest absolute Gasteiger partial charge is 0.421 e. The highest BCUT2D eigenvalue weighted by molar-refractivity contribution is 6.02. The Balaban J connectivity index is 1.68. The number of alkyl halides is 3. The summed E-state index contributed by atoms with van der Waals surface area (Å²) in [5.74, 6) is -2.55. The Hall–Kier alpha value is -4.41. The SMILES string of the molecule is C=CC(=O)Nc1cc(-c2ccccc2)ccc1Nc1nc(NC2CCCC(C(=O)O)C2)ncc1C(F)(F)F. The minimum absolute atomic E-state index is 0.0610. The first kappa shape index (κ1) is 26.6. The van der Waals surface area contributed by atoms with Crippen molar-refractivity contribution in [3.05, 3.63) is 72.9 Å². The van der Waals surface area contributed by atoms with E-state index in [9.17, 15) is 27.9 Å². The summed E-state index contributed by atoms with van der Waals surface area (Å²) in [5, 5.41) is 17.6. The lowest BCUT2D eigenvalue weighted by molar-refractivity contribution is -0.143. The van der Waals surface area contributed by atoms with Crippen molar-refractivity contribution >= 4 is 35.0 Å². The van der Waals surface area contributed by atoms with Crippen molar-refractivity contribution < 1.29 is 27.9 Å². The summed E-state index contributed by atoms with van der Waals surface area (Å²) in [6.07, 6.45) is -0.838. The predicted octanol–water partition coefficient (Wildman–Crippen LogP) is 6.09. The number of nitrogens with one attached hydrogen (secondary N) is 3. The standard InChI is InChI=1S/C27H26F3N5O3/c1-2-23(36)33-22-14-17(16-7-4-3-5-8-16)11-12-21(22)34-24-20(27(28,29)30)15-31-26(35-24)32-19-10-6-9-18(13-19)25(37)38/h2-5,7-8,11-12,14-15,18-19H,1,6,9-10,13H2,(H,33,36)(H,37,38)(H2,31,32,34,35). The highest BCUT2D eigenvalue weighted by Gasteiger charge is 2.36. The van der Waals surface area contributed by atoms with Gasteiger partial charge in [-0.05, 0) is 48.6 Å². The molecule has 8 nitrogen and oxygen atoms in total. The van der Waals surface area contributed by atoms with Crippen LogP contribution >= 0.6 is 0 Å². The van der Waals surface area contributed by atoms with E-state index in [0.29, 0.717) is 31.9 Å². The van der Waals surface area contributed by atoms with Gasteiger partial charge in [-0.15, -0.1) is 0 Å². The molecular weight excluding hydrogens is 499 g/mol. The number of hydrogen-bond donors (Lipinski definition) is 4. The van der Waals surface area contributed by atoms with Crippen LogP contribution in [0.15, 0.2) is 67.4 Å². The van der Waals surface area contributed by atoms with E-state index in [4.69, 9.17) is 0 Å². The van der Waals surface area contributed by atoms with Crippen LogP contribution in [0.1, 0.15) is 31.2 Å². The van der Waals surface area contributed by atoms with E-state index in [-0.39, 0.29) is 23.4 Å². The molecule has 198 valence electrons. The number of carbonyl (C=O) groups excluding carboxylic acids is 1. The molecule has 1 saturated carbocycles. The number of aliphatic carboxylic acids is 1. The molecule has 2 atom stereocenters. The summed E-state index contributed by atoms with van der Waals surface area (Å²) in [4.78, 5) is 31.4. The number of aromatic nitrogens is 2. The van der Waals surface area contributed by atoms with E-state index < -0.39 is 35.4 Å². The molecule has 2 aromatic carbocycles. The van der Waals surface area contributed by atoms with Gasteiger partial charge in [0.1, 0.15) is 11.4 Å². The molecule has 4 N–H and O–H groups in total. The van der Waals surface area contributed by atoms with Crippen LogP contribution < -0.4 is 16.0 Å². The second-order valence-electron chi connectivity index (χ2n) is 8.94. The van der Waals surface area contributed by atoms with E-state index in [1.54, 1.807) is 18.2 Å². The third-order valence-electron chi connectivity index (χ3n) is 6.27. The molecule has 0 bridgehead atoms. The fourth-order valence-corrected chi connectivity index (χ4v) is 4.36. The molecule has 1 fully saturated rings. The first-order valence-electron chi connectivity index (χ1n) is 12.0. The third-order valence-corrected chi connectivity index (χ3v) is 6.27. The predicted molar refractivity (Wildman–Crippen MR) is 138 cm³/mol. The average molecular weight is 526 g/mol.